The van der Waals surface area contributed by atoms with E-state index in [1.807, 2.05) is 30.3 Å². The van der Waals surface area contributed by atoms with Crippen molar-refractivity contribution in [1.82, 2.24) is 0 Å². The summed E-state index contributed by atoms with van der Waals surface area (Å²) < 4.78 is 10.4. The molecule has 0 saturated carbocycles. The Labute approximate surface area is 101 Å². The molecule has 0 aromatic heterocycles. The fourth-order valence-corrected chi connectivity index (χ4v) is 1.50. The summed E-state index contributed by atoms with van der Waals surface area (Å²) in [7, 11) is 1.78. The first-order valence-electron chi connectivity index (χ1n) is 5.78. The number of carbonyl (C=O) groups excluding carboxylic acids is 1. The number of para-hydroxylation sites is 1. The molecular weight excluding hydrogens is 218 g/mol. The molecule has 1 amide bonds. The minimum Gasteiger partial charge on any atom is -0.378 e. The molecule has 1 aliphatic rings. The van der Waals surface area contributed by atoms with Gasteiger partial charge in [0.05, 0.1) is 26.2 Å². The predicted octanol–water partition coefficient (Wildman–Crippen LogP) is 1.45. The number of hydrogen-bond acceptors (Lipinski definition) is 3. The molecule has 1 atom stereocenters. The van der Waals surface area contributed by atoms with Crippen molar-refractivity contribution in [1.29, 1.82) is 0 Å². The lowest BCUT2D eigenvalue weighted by atomic mass is 10.3. The van der Waals surface area contributed by atoms with Crippen LogP contribution < -0.4 is 4.90 Å². The Balaban J connectivity index is 1.71. The highest BCUT2D eigenvalue weighted by Crippen LogP contribution is 2.12. The molecule has 1 heterocycles. The Hall–Kier alpha value is -1.39. The highest BCUT2D eigenvalue weighted by atomic mass is 16.6. The van der Waals surface area contributed by atoms with E-state index in [9.17, 15) is 4.79 Å². The van der Waals surface area contributed by atoms with E-state index in [4.69, 9.17) is 9.47 Å². The molecule has 17 heavy (non-hydrogen) atoms. The number of epoxide rings is 1. The second-order valence-corrected chi connectivity index (χ2v) is 4.07. The lowest BCUT2D eigenvalue weighted by Crippen LogP contribution is -2.27. The first kappa shape index (κ1) is 12.1. The lowest BCUT2D eigenvalue weighted by molar-refractivity contribution is -0.119. The Bertz CT molecular complexity index is 362. The summed E-state index contributed by atoms with van der Waals surface area (Å²) in [5.41, 5.74) is 0.906. The van der Waals surface area contributed by atoms with E-state index in [0.717, 1.165) is 12.3 Å². The number of hydrogen-bond donors (Lipinski definition) is 0. The van der Waals surface area contributed by atoms with Gasteiger partial charge in [0.2, 0.25) is 5.91 Å². The number of nitrogens with zero attached hydrogens (tertiary/aromatic N) is 1. The number of benzene rings is 1. The Morgan fingerprint density at radius 2 is 2.18 bits per heavy atom. The van der Waals surface area contributed by atoms with E-state index in [0.29, 0.717) is 19.6 Å². The average molecular weight is 235 g/mol. The first-order valence-corrected chi connectivity index (χ1v) is 5.78. The van der Waals surface area contributed by atoms with E-state index in [-0.39, 0.29) is 12.0 Å². The molecule has 1 aliphatic heterocycles. The van der Waals surface area contributed by atoms with Gasteiger partial charge in [-0.25, -0.2) is 0 Å². The number of amides is 1. The van der Waals surface area contributed by atoms with Gasteiger partial charge in [0, 0.05) is 12.7 Å². The average Bonchev–Trinajstić information content (AvgIpc) is 3.18. The number of anilines is 1. The van der Waals surface area contributed by atoms with Crippen LogP contribution in [0.25, 0.3) is 0 Å². The third-order valence-electron chi connectivity index (χ3n) is 2.68. The third kappa shape index (κ3) is 3.84. The van der Waals surface area contributed by atoms with Crippen molar-refractivity contribution < 1.29 is 14.3 Å². The standard InChI is InChI=1S/C13H17NO3/c1-14(11-5-3-2-4-6-11)13(15)7-8-16-9-12-10-17-12/h2-6,12H,7-10H2,1H3. The van der Waals surface area contributed by atoms with Crippen molar-refractivity contribution in [3.05, 3.63) is 30.3 Å². The zero-order valence-corrected chi connectivity index (χ0v) is 9.96. The summed E-state index contributed by atoms with van der Waals surface area (Å²) in [5.74, 6) is 0.0629. The van der Waals surface area contributed by atoms with Crippen LogP contribution in [0.4, 0.5) is 5.69 Å². The molecule has 0 aliphatic carbocycles. The fraction of sp³-hybridized carbons (Fsp3) is 0.462. The monoisotopic (exact) mass is 235 g/mol. The van der Waals surface area contributed by atoms with Gasteiger partial charge >= 0.3 is 0 Å². The topological polar surface area (TPSA) is 42.1 Å². The van der Waals surface area contributed by atoms with E-state index >= 15 is 0 Å². The van der Waals surface area contributed by atoms with Crippen molar-refractivity contribution in [2.24, 2.45) is 0 Å². The van der Waals surface area contributed by atoms with Crippen molar-refractivity contribution in [3.63, 3.8) is 0 Å². The van der Waals surface area contributed by atoms with Gasteiger partial charge in [-0.3, -0.25) is 4.79 Å². The summed E-state index contributed by atoms with van der Waals surface area (Å²) >= 11 is 0. The maximum Gasteiger partial charge on any atom is 0.229 e. The van der Waals surface area contributed by atoms with Gasteiger partial charge in [-0.15, -0.1) is 0 Å². The zero-order valence-electron chi connectivity index (χ0n) is 9.96. The molecule has 92 valence electrons. The molecule has 0 bridgehead atoms. The number of rotatable bonds is 6. The van der Waals surface area contributed by atoms with Crippen molar-refractivity contribution in [3.8, 4) is 0 Å². The molecule has 4 heteroatoms. The number of carbonyl (C=O) groups is 1. The summed E-state index contributed by atoms with van der Waals surface area (Å²) in [6.45, 7) is 1.84. The summed E-state index contributed by atoms with van der Waals surface area (Å²) in [6.07, 6.45) is 0.662. The molecule has 0 N–H and O–H groups in total. The number of ether oxygens (including phenoxy) is 2. The van der Waals surface area contributed by atoms with Gasteiger partial charge in [-0.2, -0.15) is 0 Å². The van der Waals surface area contributed by atoms with Crippen LogP contribution in [-0.2, 0) is 14.3 Å². The molecule has 1 unspecified atom stereocenters. The Kier molecular flexibility index (Phi) is 4.12. The van der Waals surface area contributed by atoms with Crippen LogP contribution in [0.15, 0.2) is 30.3 Å². The molecule has 4 nitrogen and oxygen atoms in total. The maximum absolute atomic E-state index is 11.8. The third-order valence-corrected chi connectivity index (χ3v) is 2.68. The SMILES string of the molecule is CN(C(=O)CCOCC1CO1)c1ccccc1. The minimum atomic E-state index is 0.0629. The molecule has 1 fully saturated rings. The molecular formula is C13H17NO3. The molecule has 0 radical (unpaired) electrons. The van der Waals surface area contributed by atoms with Crippen molar-refractivity contribution in [2.75, 3.05) is 31.8 Å². The fourth-order valence-electron chi connectivity index (χ4n) is 1.50. The highest BCUT2D eigenvalue weighted by molar-refractivity contribution is 5.92. The summed E-state index contributed by atoms with van der Waals surface area (Å²) in [5, 5.41) is 0. The van der Waals surface area contributed by atoms with Gasteiger partial charge < -0.3 is 14.4 Å². The van der Waals surface area contributed by atoms with Gasteiger partial charge in [0.15, 0.2) is 0 Å². The van der Waals surface area contributed by atoms with Crippen LogP contribution in [0.3, 0.4) is 0 Å². The van der Waals surface area contributed by atoms with E-state index in [1.54, 1.807) is 11.9 Å². The Morgan fingerprint density at radius 1 is 1.47 bits per heavy atom. The second kappa shape index (κ2) is 5.80. The van der Waals surface area contributed by atoms with Crippen LogP contribution in [0.1, 0.15) is 6.42 Å². The van der Waals surface area contributed by atoms with E-state index < -0.39 is 0 Å². The van der Waals surface area contributed by atoms with E-state index in [2.05, 4.69) is 0 Å². The Morgan fingerprint density at radius 3 is 2.82 bits per heavy atom. The molecule has 0 spiro atoms. The van der Waals surface area contributed by atoms with Gasteiger partial charge in [-0.1, -0.05) is 18.2 Å². The van der Waals surface area contributed by atoms with Crippen LogP contribution in [0, 0.1) is 0 Å². The van der Waals surface area contributed by atoms with Crippen molar-refractivity contribution >= 4 is 11.6 Å². The van der Waals surface area contributed by atoms with Crippen LogP contribution in [0.5, 0.6) is 0 Å². The van der Waals surface area contributed by atoms with Gasteiger partial charge in [0.1, 0.15) is 6.10 Å². The quantitative estimate of drug-likeness (QED) is 0.553. The normalized spacial score (nSPS) is 17.8. The van der Waals surface area contributed by atoms with Crippen molar-refractivity contribution in [2.45, 2.75) is 12.5 Å². The molecule has 1 aromatic rings. The molecule has 1 aromatic carbocycles. The maximum atomic E-state index is 11.8. The van der Waals surface area contributed by atoms with Crippen LogP contribution in [-0.4, -0.2) is 38.9 Å². The largest absolute Gasteiger partial charge is 0.378 e. The van der Waals surface area contributed by atoms with Crippen LogP contribution >= 0.6 is 0 Å². The molecule has 2 rings (SSSR count). The minimum absolute atomic E-state index is 0.0629. The first-order chi connectivity index (χ1) is 8.27. The summed E-state index contributed by atoms with van der Waals surface area (Å²) in [4.78, 5) is 13.5. The smallest absolute Gasteiger partial charge is 0.229 e. The predicted molar refractivity (Wildman–Crippen MR) is 65.0 cm³/mol. The lowest BCUT2D eigenvalue weighted by Gasteiger charge is -2.17. The highest BCUT2D eigenvalue weighted by Gasteiger charge is 2.22. The van der Waals surface area contributed by atoms with Crippen LogP contribution in [0.2, 0.25) is 0 Å². The van der Waals surface area contributed by atoms with Gasteiger partial charge in [0.25, 0.3) is 0 Å². The van der Waals surface area contributed by atoms with Gasteiger partial charge in [-0.05, 0) is 12.1 Å². The summed E-state index contributed by atoms with van der Waals surface area (Å²) in [6, 6.07) is 9.59. The van der Waals surface area contributed by atoms with E-state index in [1.165, 1.54) is 0 Å². The molecule has 1 saturated heterocycles. The zero-order chi connectivity index (χ0) is 12.1. The second-order valence-electron chi connectivity index (χ2n) is 4.07.